The maximum atomic E-state index is 12.4. The Morgan fingerprint density at radius 1 is 1.22 bits per heavy atom. The molecule has 2 fully saturated rings. The minimum absolute atomic E-state index is 0.239. The van der Waals surface area contributed by atoms with Crippen molar-refractivity contribution in [1.29, 1.82) is 0 Å². The van der Waals surface area contributed by atoms with Crippen LogP contribution in [0.4, 0.5) is 10.5 Å². The Hall–Kier alpha value is -2.44. The molecule has 148 valence electrons. The van der Waals surface area contributed by atoms with E-state index >= 15 is 0 Å². The molecule has 1 aromatic rings. The van der Waals surface area contributed by atoms with E-state index in [4.69, 9.17) is 14.2 Å². The lowest BCUT2D eigenvalue weighted by molar-refractivity contribution is -0.138. The first-order valence-corrected chi connectivity index (χ1v) is 9.28. The minimum atomic E-state index is -0.517. The quantitative estimate of drug-likeness (QED) is 0.817. The predicted molar refractivity (Wildman–Crippen MR) is 101 cm³/mol. The van der Waals surface area contributed by atoms with E-state index in [-0.39, 0.29) is 17.5 Å². The molecule has 7 nitrogen and oxygen atoms in total. The molecular weight excluding hydrogens is 348 g/mol. The summed E-state index contributed by atoms with van der Waals surface area (Å²) in [5, 5.41) is 3.32. The van der Waals surface area contributed by atoms with Crippen LogP contribution in [-0.2, 0) is 14.3 Å². The fraction of sp³-hybridized carbons (Fsp3) is 0.600. The zero-order chi connectivity index (χ0) is 19.7. The van der Waals surface area contributed by atoms with Gasteiger partial charge in [-0.05, 0) is 57.9 Å². The smallest absolute Gasteiger partial charge is 0.410 e. The van der Waals surface area contributed by atoms with E-state index in [2.05, 4.69) is 5.32 Å². The number of hydrogen-bond donors (Lipinski definition) is 1. The first-order chi connectivity index (χ1) is 12.7. The Kier molecular flexibility index (Phi) is 5.22. The number of hydrogen-bond acceptors (Lipinski definition) is 6. The van der Waals surface area contributed by atoms with Gasteiger partial charge in [0.05, 0.1) is 13.7 Å². The van der Waals surface area contributed by atoms with Gasteiger partial charge >= 0.3 is 12.1 Å². The monoisotopic (exact) mass is 376 g/mol. The fourth-order valence-electron chi connectivity index (χ4n) is 3.59. The van der Waals surface area contributed by atoms with Gasteiger partial charge in [-0.3, -0.25) is 0 Å². The van der Waals surface area contributed by atoms with Gasteiger partial charge in [0.25, 0.3) is 0 Å². The number of benzene rings is 1. The Balaban J connectivity index is 1.66. The van der Waals surface area contributed by atoms with Gasteiger partial charge in [-0.25, -0.2) is 9.59 Å². The van der Waals surface area contributed by atoms with Crippen molar-refractivity contribution < 1.29 is 23.8 Å². The lowest BCUT2D eigenvalue weighted by atomic mass is 9.74. The van der Waals surface area contributed by atoms with Crippen LogP contribution >= 0.6 is 0 Å². The first-order valence-electron chi connectivity index (χ1n) is 9.28. The molecule has 1 N–H and O–H groups in total. The average molecular weight is 376 g/mol. The number of amides is 1. The highest BCUT2D eigenvalue weighted by Crippen LogP contribution is 2.41. The zero-order valence-electron chi connectivity index (χ0n) is 16.4. The predicted octanol–water partition coefficient (Wildman–Crippen LogP) is 3.05. The van der Waals surface area contributed by atoms with Crippen LogP contribution in [0.3, 0.4) is 0 Å². The van der Waals surface area contributed by atoms with Crippen molar-refractivity contribution in [1.82, 2.24) is 4.90 Å². The van der Waals surface area contributed by atoms with Crippen LogP contribution in [0, 0.1) is 5.41 Å². The van der Waals surface area contributed by atoms with Crippen molar-refractivity contribution in [3.05, 3.63) is 24.3 Å². The summed E-state index contributed by atoms with van der Waals surface area (Å²) in [5.41, 5.74) is 0.0145. The number of ether oxygens (including phenoxy) is 3. The van der Waals surface area contributed by atoms with Crippen LogP contribution in [-0.4, -0.2) is 55.4 Å². The molecule has 7 heteroatoms. The topological polar surface area (TPSA) is 77.1 Å². The number of nitrogens with one attached hydrogen (secondary N) is 1. The average Bonchev–Trinajstić information content (AvgIpc) is 2.91. The second-order valence-corrected chi connectivity index (χ2v) is 8.24. The number of likely N-dealkylation sites (tertiary alicyclic amines) is 1. The molecule has 2 aliphatic heterocycles. The molecule has 0 radical (unpaired) electrons. The standard InChI is InChI=1S/C20H28N2O5/c1-19(2,3)27-18(24)22-11-9-20(10-12-22)13-26-17(23)16(20)21-14-5-7-15(25-4)8-6-14/h5-8,16,21H,9-13H2,1-4H3. The molecule has 0 aromatic heterocycles. The molecule has 1 aromatic carbocycles. The lowest BCUT2D eigenvalue weighted by Crippen LogP contribution is -2.51. The van der Waals surface area contributed by atoms with Crippen LogP contribution < -0.4 is 10.1 Å². The molecular formula is C20H28N2O5. The second-order valence-electron chi connectivity index (χ2n) is 8.24. The number of piperidine rings is 1. The Labute approximate surface area is 160 Å². The van der Waals surface area contributed by atoms with Gasteiger partial charge in [-0.15, -0.1) is 0 Å². The number of rotatable bonds is 3. The molecule has 0 aliphatic carbocycles. The van der Waals surface area contributed by atoms with Crippen molar-refractivity contribution in [2.75, 3.05) is 32.1 Å². The van der Waals surface area contributed by atoms with Crippen molar-refractivity contribution in [3.63, 3.8) is 0 Å². The molecule has 0 saturated carbocycles. The Bertz CT molecular complexity index is 687. The van der Waals surface area contributed by atoms with Crippen LogP contribution in [0.25, 0.3) is 0 Å². The fourth-order valence-corrected chi connectivity index (χ4v) is 3.59. The number of cyclic esters (lactones) is 1. The third kappa shape index (κ3) is 4.28. The number of carbonyl (C=O) groups is 2. The van der Waals surface area contributed by atoms with Gasteiger partial charge in [-0.1, -0.05) is 0 Å². The SMILES string of the molecule is COc1ccc(NC2C(=O)OCC23CCN(C(=O)OC(C)(C)C)CC3)cc1. The van der Waals surface area contributed by atoms with Gasteiger partial charge in [0, 0.05) is 24.2 Å². The molecule has 2 heterocycles. The van der Waals surface area contributed by atoms with E-state index in [0.29, 0.717) is 32.5 Å². The Morgan fingerprint density at radius 3 is 2.41 bits per heavy atom. The summed E-state index contributed by atoms with van der Waals surface area (Å²) in [7, 11) is 1.62. The minimum Gasteiger partial charge on any atom is -0.497 e. The first kappa shape index (κ1) is 19.3. The normalized spacial score (nSPS) is 21.7. The number of methoxy groups -OCH3 is 1. The van der Waals surface area contributed by atoms with Crippen LogP contribution in [0.5, 0.6) is 5.75 Å². The summed E-state index contributed by atoms with van der Waals surface area (Å²) in [6, 6.07) is 7.04. The number of anilines is 1. The van der Waals surface area contributed by atoms with Crippen molar-refractivity contribution >= 4 is 17.7 Å². The number of carbonyl (C=O) groups excluding carboxylic acids is 2. The van der Waals surface area contributed by atoms with Crippen LogP contribution in [0.1, 0.15) is 33.6 Å². The van der Waals surface area contributed by atoms with Gasteiger partial charge in [0.15, 0.2) is 0 Å². The van der Waals surface area contributed by atoms with Crippen LogP contribution in [0.2, 0.25) is 0 Å². The summed E-state index contributed by atoms with van der Waals surface area (Å²) in [4.78, 5) is 26.4. The molecule has 2 aliphatic rings. The molecule has 1 spiro atoms. The van der Waals surface area contributed by atoms with E-state index < -0.39 is 11.6 Å². The summed E-state index contributed by atoms with van der Waals surface area (Å²) < 4.78 is 16.0. The Morgan fingerprint density at radius 2 is 1.85 bits per heavy atom. The molecule has 3 rings (SSSR count). The maximum Gasteiger partial charge on any atom is 0.410 e. The van der Waals surface area contributed by atoms with Crippen molar-refractivity contribution in [3.8, 4) is 5.75 Å². The van der Waals surface area contributed by atoms with Gasteiger partial charge in [-0.2, -0.15) is 0 Å². The molecule has 1 unspecified atom stereocenters. The second kappa shape index (κ2) is 7.29. The van der Waals surface area contributed by atoms with Gasteiger partial charge < -0.3 is 24.4 Å². The summed E-state index contributed by atoms with van der Waals surface area (Å²) in [6.45, 7) is 7.04. The molecule has 1 atom stereocenters. The summed E-state index contributed by atoms with van der Waals surface area (Å²) in [6.07, 6.45) is 1.07. The maximum absolute atomic E-state index is 12.4. The number of nitrogens with zero attached hydrogens (tertiary/aromatic N) is 1. The zero-order valence-corrected chi connectivity index (χ0v) is 16.4. The summed E-state index contributed by atoms with van der Waals surface area (Å²) >= 11 is 0. The van der Waals surface area contributed by atoms with Gasteiger partial charge in [0.2, 0.25) is 0 Å². The molecule has 1 amide bonds. The third-order valence-corrected chi connectivity index (χ3v) is 5.16. The van der Waals surface area contributed by atoms with E-state index in [1.807, 2.05) is 45.0 Å². The van der Waals surface area contributed by atoms with Gasteiger partial charge in [0.1, 0.15) is 17.4 Å². The van der Waals surface area contributed by atoms with E-state index in [1.165, 1.54) is 0 Å². The van der Waals surface area contributed by atoms with Crippen LogP contribution in [0.15, 0.2) is 24.3 Å². The van der Waals surface area contributed by atoms with E-state index in [1.54, 1.807) is 12.0 Å². The molecule has 2 saturated heterocycles. The largest absolute Gasteiger partial charge is 0.497 e. The number of esters is 1. The highest BCUT2D eigenvalue weighted by atomic mass is 16.6. The highest BCUT2D eigenvalue weighted by Gasteiger charge is 2.52. The molecule has 0 bridgehead atoms. The highest BCUT2D eigenvalue weighted by molar-refractivity contribution is 5.83. The van der Waals surface area contributed by atoms with Crippen molar-refractivity contribution in [2.45, 2.75) is 45.3 Å². The van der Waals surface area contributed by atoms with Crippen molar-refractivity contribution in [2.24, 2.45) is 5.41 Å². The third-order valence-electron chi connectivity index (χ3n) is 5.16. The van der Waals surface area contributed by atoms with E-state index in [0.717, 1.165) is 11.4 Å². The summed E-state index contributed by atoms with van der Waals surface area (Å²) in [5.74, 6) is 0.520. The lowest BCUT2D eigenvalue weighted by Gasteiger charge is -2.40. The molecule has 27 heavy (non-hydrogen) atoms. The van der Waals surface area contributed by atoms with E-state index in [9.17, 15) is 9.59 Å².